The zero-order valence-electron chi connectivity index (χ0n) is 37.5. The van der Waals surface area contributed by atoms with Crippen LogP contribution in [0.3, 0.4) is 0 Å². The zero-order valence-corrected chi connectivity index (χ0v) is 37.5. The molecule has 6 nitrogen and oxygen atoms in total. The van der Waals surface area contributed by atoms with Gasteiger partial charge in [-0.1, -0.05) is 121 Å². The van der Waals surface area contributed by atoms with Crippen LogP contribution in [0.4, 0.5) is 5.69 Å². The van der Waals surface area contributed by atoms with Crippen LogP contribution in [0.15, 0.2) is 224 Å². The number of benzene rings is 10. The monoisotopic (exact) mass is 884 g/mol. The summed E-state index contributed by atoms with van der Waals surface area (Å²) in [6.07, 6.45) is 0. The molecule has 1 aliphatic rings. The molecule has 324 valence electrons. The fourth-order valence-corrected chi connectivity index (χ4v) is 11.0. The molecule has 0 bridgehead atoms. The number of carbonyl (C=O) groups excluding carboxylic acids is 2. The summed E-state index contributed by atoms with van der Waals surface area (Å²) < 4.78 is 6.91. The number of aromatic nitrogens is 3. The number of hydrogen-bond acceptors (Lipinski definition) is 2. The van der Waals surface area contributed by atoms with Gasteiger partial charge in [0, 0.05) is 43.7 Å². The summed E-state index contributed by atoms with van der Waals surface area (Å²) in [4.78, 5) is 29.5. The molecule has 1 aliphatic heterocycles. The van der Waals surface area contributed by atoms with Gasteiger partial charge in [0.1, 0.15) is 0 Å². The van der Waals surface area contributed by atoms with E-state index in [-0.39, 0.29) is 11.8 Å². The second-order valence-electron chi connectivity index (χ2n) is 18.1. The SMILES string of the molecule is Cc1ccc(-n2c3ccccc3c3cc(-c4ccc5c(c4)c4cc(-c6ccc7c(c6)c6ccccc6n7-c6ccccc6)ccc4n5-c4ccccc4N4C(=O)c5ccccc5C4=O)ccc32)cc1. The molecule has 14 rings (SSSR count). The molecular weight excluding hydrogens is 845 g/mol. The number of imide groups is 1. The van der Waals surface area contributed by atoms with Crippen LogP contribution in [-0.2, 0) is 0 Å². The Labute approximate surface area is 396 Å². The molecule has 6 heteroatoms. The first-order valence-electron chi connectivity index (χ1n) is 23.3. The topological polar surface area (TPSA) is 52.2 Å². The van der Waals surface area contributed by atoms with Crippen LogP contribution in [0.5, 0.6) is 0 Å². The van der Waals surface area contributed by atoms with Gasteiger partial charge in [0.2, 0.25) is 0 Å². The summed E-state index contributed by atoms with van der Waals surface area (Å²) in [6.45, 7) is 2.12. The van der Waals surface area contributed by atoms with Gasteiger partial charge >= 0.3 is 0 Å². The largest absolute Gasteiger partial charge is 0.309 e. The Morgan fingerprint density at radius 2 is 0.652 bits per heavy atom. The number of rotatable bonds is 6. The maximum Gasteiger partial charge on any atom is 0.266 e. The summed E-state index contributed by atoms with van der Waals surface area (Å²) in [6, 6.07) is 78.3. The number of amides is 2. The van der Waals surface area contributed by atoms with Crippen LogP contribution in [0.2, 0.25) is 0 Å². The van der Waals surface area contributed by atoms with Crippen molar-refractivity contribution in [1.29, 1.82) is 0 Å². The molecule has 3 aromatic heterocycles. The molecule has 0 fully saturated rings. The van der Waals surface area contributed by atoms with Crippen LogP contribution >= 0.6 is 0 Å². The minimum Gasteiger partial charge on any atom is -0.309 e. The Morgan fingerprint density at radius 1 is 0.290 bits per heavy atom. The van der Waals surface area contributed by atoms with E-state index in [1.54, 1.807) is 24.3 Å². The number of anilines is 1. The number of aryl methyl sites for hydroxylation is 1. The fourth-order valence-electron chi connectivity index (χ4n) is 11.0. The summed E-state index contributed by atoms with van der Waals surface area (Å²) in [5.41, 5.74) is 16.5. The zero-order chi connectivity index (χ0) is 45.9. The van der Waals surface area contributed by atoms with Crippen LogP contribution in [0, 0.1) is 6.92 Å². The highest BCUT2D eigenvalue weighted by Crippen LogP contribution is 2.43. The van der Waals surface area contributed by atoms with Crippen LogP contribution in [0.25, 0.3) is 105 Å². The molecule has 2 amide bonds. The Bertz CT molecular complexity index is 4270. The Balaban J connectivity index is 0.980. The van der Waals surface area contributed by atoms with Crippen molar-refractivity contribution in [2.45, 2.75) is 6.92 Å². The summed E-state index contributed by atoms with van der Waals surface area (Å²) >= 11 is 0. The molecule has 0 radical (unpaired) electrons. The van der Waals surface area contributed by atoms with Gasteiger partial charge in [-0.2, -0.15) is 0 Å². The molecule has 0 saturated heterocycles. The third kappa shape index (κ3) is 5.79. The standard InChI is InChI=1S/C63H40N4O2/c1-39-23-29-45(30-24-39)65-55-20-10-8-16-47(55)51-36-41(26-32-57(51)65)43-28-34-59-53(38-43)52-37-42(40-25-31-56-50(35-40)46-15-7-9-19-54(46)64(56)44-13-3-2-4-14-44)27-33-58(52)66(59)60-21-11-12-22-61(60)67-62(68)48-17-5-6-18-49(48)63(67)69/h2-38H,1H3. The van der Waals surface area contributed by atoms with Crippen molar-refractivity contribution in [3.8, 4) is 39.3 Å². The number of carbonyl (C=O) groups is 2. The lowest BCUT2D eigenvalue weighted by atomic mass is 9.98. The quantitative estimate of drug-likeness (QED) is 0.156. The predicted molar refractivity (Wildman–Crippen MR) is 283 cm³/mol. The lowest BCUT2D eigenvalue weighted by Gasteiger charge is -2.20. The van der Waals surface area contributed by atoms with Gasteiger partial charge < -0.3 is 13.7 Å². The number of hydrogen-bond donors (Lipinski definition) is 0. The van der Waals surface area contributed by atoms with Crippen molar-refractivity contribution in [3.63, 3.8) is 0 Å². The molecule has 0 aliphatic carbocycles. The normalized spacial score (nSPS) is 12.7. The van der Waals surface area contributed by atoms with Crippen LogP contribution in [0.1, 0.15) is 26.3 Å². The van der Waals surface area contributed by atoms with Gasteiger partial charge in [-0.05, 0) is 138 Å². The Kier molecular flexibility index (Phi) is 8.40. The van der Waals surface area contributed by atoms with Crippen LogP contribution < -0.4 is 4.90 Å². The first kappa shape index (κ1) is 39.0. The second kappa shape index (κ2) is 14.9. The number of para-hydroxylation sites is 5. The van der Waals surface area contributed by atoms with Crippen molar-refractivity contribution >= 4 is 82.9 Å². The summed E-state index contributed by atoms with van der Waals surface area (Å²) in [5.74, 6) is -0.645. The molecule has 4 heterocycles. The van der Waals surface area contributed by atoms with E-state index < -0.39 is 0 Å². The van der Waals surface area contributed by atoms with E-state index in [1.807, 2.05) is 24.3 Å². The third-order valence-electron chi connectivity index (χ3n) is 14.2. The van der Waals surface area contributed by atoms with Gasteiger partial charge in [-0.25, -0.2) is 4.90 Å². The van der Waals surface area contributed by atoms with E-state index in [0.29, 0.717) is 16.8 Å². The number of nitrogens with zero attached hydrogens (tertiary/aromatic N) is 4. The maximum absolute atomic E-state index is 14.1. The molecule has 10 aromatic carbocycles. The lowest BCUT2D eigenvalue weighted by Crippen LogP contribution is -2.30. The van der Waals surface area contributed by atoms with E-state index in [9.17, 15) is 9.59 Å². The molecular formula is C63H40N4O2. The molecule has 0 saturated carbocycles. The first-order chi connectivity index (χ1) is 34.0. The predicted octanol–water partition coefficient (Wildman–Crippen LogP) is 15.4. The van der Waals surface area contributed by atoms with Gasteiger partial charge in [-0.3, -0.25) is 9.59 Å². The second-order valence-corrected chi connectivity index (χ2v) is 18.1. The van der Waals surface area contributed by atoms with Gasteiger partial charge in [-0.15, -0.1) is 0 Å². The first-order valence-corrected chi connectivity index (χ1v) is 23.3. The highest BCUT2D eigenvalue weighted by atomic mass is 16.2. The molecule has 69 heavy (non-hydrogen) atoms. The highest BCUT2D eigenvalue weighted by molar-refractivity contribution is 6.35. The molecule has 13 aromatic rings. The minimum absolute atomic E-state index is 0.323. The Morgan fingerprint density at radius 3 is 1.14 bits per heavy atom. The van der Waals surface area contributed by atoms with Gasteiger partial charge in [0.25, 0.3) is 11.8 Å². The van der Waals surface area contributed by atoms with Gasteiger partial charge in [0.05, 0.1) is 55.6 Å². The molecule has 0 unspecified atom stereocenters. The smallest absolute Gasteiger partial charge is 0.266 e. The maximum atomic E-state index is 14.1. The average molecular weight is 885 g/mol. The third-order valence-corrected chi connectivity index (χ3v) is 14.2. The lowest BCUT2D eigenvalue weighted by molar-refractivity contribution is 0.0926. The van der Waals surface area contributed by atoms with Gasteiger partial charge in [0.15, 0.2) is 0 Å². The highest BCUT2D eigenvalue weighted by Gasteiger charge is 2.38. The summed E-state index contributed by atoms with van der Waals surface area (Å²) in [5, 5.41) is 6.89. The van der Waals surface area contributed by atoms with E-state index in [2.05, 4.69) is 197 Å². The van der Waals surface area contributed by atoms with E-state index in [1.165, 1.54) is 37.5 Å². The minimum atomic E-state index is -0.323. The summed E-state index contributed by atoms with van der Waals surface area (Å²) in [7, 11) is 0. The van der Waals surface area contributed by atoms with Crippen molar-refractivity contribution in [2.24, 2.45) is 0 Å². The van der Waals surface area contributed by atoms with Crippen molar-refractivity contribution in [3.05, 3.63) is 241 Å². The van der Waals surface area contributed by atoms with Crippen LogP contribution in [-0.4, -0.2) is 25.5 Å². The molecule has 0 atom stereocenters. The van der Waals surface area contributed by atoms with E-state index >= 15 is 0 Å². The van der Waals surface area contributed by atoms with E-state index in [0.717, 1.165) is 77.7 Å². The van der Waals surface area contributed by atoms with Crippen molar-refractivity contribution in [2.75, 3.05) is 4.90 Å². The van der Waals surface area contributed by atoms with E-state index in [4.69, 9.17) is 0 Å². The fraction of sp³-hybridized carbons (Fsp3) is 0.0159. The molecule has 0 spiro atoms. The Hall–Kier alpha value is -9.26. The number of fused-ring (bicyclic) bond motifs is 10. The van der Waals surface area contributed by atoms with Crippen molar-refractivity contribution in [1.82, 2.24) is 13.7 Å². The van der Waals surface area contributed by atoms with Crippen molar-refractivity contribution < 1.29 is 9.59 Å². The average Bonchev–Trinajstić information content (AvgIpc) is 4.10. The molecule has 0 N–H and O–H groups in total.